The molecule has 1 atom stereocenters. The summed E-state index contributed by atoms with van der Waals surface area (Å²) in [5, 5.41) is 10.7. The Morgan fingerprint density at radius 3 is 2.59 bits per heavy atom. The van der Waals surface area contributed by atoms with Crippen LogP contribution in [0.15, 0.2) is 18.2 Å². The molecule has 0 aromatic heterocycles. The minimum Gasteiger partial charge on any atom is -0.388 e. The van der Waals surface area contributed by atoms with Gasteiger partial charge in [0, 0.05) is 12.2 Å². The molecule has 2 aliphatic rings. The van der Waals surface area contributed by atoms with E-state index in [9.17, 15) is 9.90 Å². The van der Waals surface area contributed by atoms with Crippen LogP contribution in [0.1, 0.15) is 70.1 Å². The van der Waals surface area contributed by atoms with Crippen molar-refractivity contribution in [2.45, 2.75) is 64.4 Å². The number of nitrogens with zero attached hydrogens (tertiary/aromatic N) is 1. The maximum absolute atomic E-state index is 12.6. The Labute approximate surface area is 133 Å². The number of hydrogen-bond acceptors (Lipinski definition) is 2. The van der Waals surface area contributed by atoms with Crippen LogP contribution in [0, 0.1) is 5.92 Å². The summed E-state index contributed by atoms with van der Waals surface area (Å²) in [6.45, 7) is 6.68. The molecule has 3 nitrogen and oxygen atoms in total. The number of carbonyl (C=O) groups is 1. The quantitative estimate of drug-likeness (QED) is 0.918. The summed E-state index contributed by atoms with van der Waals surface area (Å²) in [5.74, 6) is 0.531. The molecule has 0 spiro atoms. The zero-order valence-electron chi connectivity index (χ0n) is 13.9. The van der Waals surface area contributed by atoms with Crippen molar-refractivity contribution in [2.75, 3.05) is 11.4 Å². The van der Waals surface area contributed by atoms with Crippen molar-refractivity contribution in [1.29, 1.82) is 0 Å². The van der Waals surface area contributed by atoms with Gasteiger partial charge in [-0.3, -0.25) is 4.79 Å². The van der Waals surface area contributed by atoms with Gasteiger partial charge in [0.15, 0.2) is 0 Å². The molecular weight excluding hydrogens is 274 g/mol. The SMILES string of the molecule is CCN1C(=O)C(C)(C)c2cc(C(O)C3CCCCC3)ccc21. The first-order valence-corrected chi connectivity index (χ1v) is 8.61. The third-order valence-corrected chi connectivity index (χ3v) is 5.52. The Hall–Kier alpha value is -1.35. The van der Waals surface area contributed by atoms with Crippen molar-refractivity contribution in [2.24, 2.45) is 5.92 Å². The molecule has 22 heavy (non-hydrogen) atoms. The van der Waals surface area contributed by atoms with E-state index in [1.807, 2.05) is 37.8 Å². The molecule has 0 bridgehead atoms. The van der Waals surface area contributed by atoms with Crippen LogP contribution >= 0.6 is 0 Å². The fourth-order valence-electron chi connectivity index (χ4n) is 4.07. The average molecular weight is 301 g/mol. The number of aliphatic hydroxyl groups is 1. The molecule has 3 heteroatoms. The van der Waals surface area contributed by atoms with Crippen LogP contribution in [0.4, 0.5) is 5.69 Å². The Morgan fingerprint density at radius 2 is 1.95 bits per heavy atom. The molecule has 120 valence electrons. The zero-order valence-corrected chi connectivity index (χ0v) is 13.9. The Balaban J connectivity index is 1.94. The van der Waals surface area contributed by atoms with Crippen molar-refractivity contribution in [3.8, 4) is 0 Å². The van der Waals surface area contributed by atoms with E-state index in [0.717, 1.165) is 29.7 Å². The first kappa shape index (κ1) is 15.5. The van der Waals surface area contributed by atoms with Gasteiger partial charge in [0.2, 0.25) is 5.91 Å². The number of aliphatic hydroxyl groups excluding tert-OH is 1. The Kier molecular flexibility index (Phi) is 4.02. The van der Waals surface area contributed by atoms with Crippen LogP contribution in [-0.4, -0.2) is 17.6 Å². The molecule has 1 N–H and O–H groups in total. The molecule has 1 unspecified atom stereocenters. The molecule has 1 aromatic rings. The predicted molar refractivity (Wildman–Crippen MR) is 89.0 cm³/mol. The van der Waals surface area contributed by atoms with Crippen molar-refractivity contribution in [3.63, 3.8) is 0 Å². The smallest absolute Gasteiger partial charge is 0.237 e. The number of anilines is 1. The van der Waals surface area contributed by atoms with E-state index in [0.29, 0.717) is 12.5 Å². The van der Waals surface area contributed by atoms with Crippen molar-refractivity contribution >= 4 is 11.6 Å². The lowest BCUT2D eigenvalue weighted by atomic mass is 9.80. The number of carbonyl (C=O) groups excluding carboxylic acids is 1. The summed E-state index contributed by atoms with van der Waals surface area (Å²) in [6, 6.07) is 6.10. The minimum atomic E-state index is -0.492. The number of likely N-dealkylation sites (N-methyl/N-ethyl adjacent to an activating group) is 1. The molecule has 3 rings (SSSR count). The van der Waals surface area contributed by atoms with Gasteiger partial charge in [0.25, 0.3) is 0 Å². The second kappa shape index (κ2) is 5.69. The van der Waals surface area contributed by atoms with Gasteiger partial charge in [-0.2, -0.15) is 0 Å². The van der Waals surface area contributed by atoms with E-state index in [4.69, 9.17) is 0 Å². The van der Waals surface area contributed by atoms with Crippen molar-refractivity contribution in [3.05, 3.63) is 29.3 Å². The van der Waals surface area contributed by atoms with E-state index >= 15 is 0 Å². The van der Waals surface area contributed by atoms with Gasteiger partial charge in [0.1, 0.15) is 0 Å². The lowest BCUT2D eigenvalue weighted by Gasteiger charge is -2.27. The predicted octanol–water partition coefficient (Wildman–Crippen LogP) is 3.94. The standard InChI is InChI=1S/C19H27NO2/c1-4-20-16-11-10-14(12-15(16)19(2,3)18(20)22)17(21)13-8-6-5-7-9-13/h10-13,17,21H,4-9H2,1-3H3. The summed E-state index contributed by atoms with van der Waals surface area (Å²) < 4.78 is 0. The summed E-state index contributed by atoms with van der Waals surface area (Å²) in [6.07, 6.45) is 5.57. The normalized spacial score (nSPS) is 22.7. The van der Waals surface area contributed by atoms with E-state index in [1.54, 1.807) is 0 Å². The van der Waals surface area contributed by atoms with Gasteiger partial charge in [-0.25, -0.2) is 0 Å². The Morgan fingerprint density at radius 1 is 1.27 bits per heavy atom. The van der Waals surface area contributed by atoms with Crippen LogP contribution in [-0.2, 0) is 10.2 Å². The highest BCUT2D eigenvalue weighted by molar-refractivity contribution is 6.07. The molecular formula is C19H27NO2. The maximum atomic E-state index is 12.6. The third-order valence-electron chi connectivity index (χ3n) is 5.52. The monoisotopic (exact) mass is 301 g/mol. The zero-order chi connectivity index (χ0) is 15.9. The van der Waals surface area contributed by atoms with Crippen LogP contribution in [0.5, 0.6) is 0 Å². The minimum absolute atomic E-state index is 0.161. The summed E-state index contributed by atoms with van der Waals surface area (Å²) >= 11 is 0. The van der Waals surface area contributed by atoms with E-state index in [-0.39, 0.29) is 5.91 Å². The number of hydrogen-bond donors (Lipinski definition) is 1. The molecule has 0 saturated heterocycles. The highest BCUT2D eigenvalue weighted by Gasteiger charge is 2.43. The highest BCUT2D eigenvalue weighted by atomic mass is 16.3. The topological polar surface area (TPSA) is 40.5 Å². The van der Waals surface area contributed by atoms with Gasteiger partial charge in [-0.1, -0.05) is 31.4 Å². The summed E-state index contributed by atoms with van der Waals surface area (Å²) in [5.41, 5.74) is 2.56. The van der Waals surface area contributed by atoms with Gasteiger partial charge in [-0.15, -0.1) is 0 Å². The second-order valence-corrected chi connectivity index (χ2v) is 7.29. The summed E-state index contributed by atoms with van der Waals surface area (Å²) in [7, 11) is 0. The second-order valence-electron chi connectivity index (χ2n) is 7.29. The number of amides is 1. The molecule has 1 aliphatic carbocycles. The number of benzene rings is 1. The fourth-order valence-corrected chi connectivity index (χ4v) is 4.07. The van der Waals surface area contributed by atoms with E-state index in [2.05, 4.69) is 6.07 Å². The van der Waals surface area contributed by atoms with Crippen molar-refractivity contribution in [1.82, 2.24) is 0 Å². The van der Waals surface area contributed by atoms with Crippen LogP contribution in [0.3, 0.4) is 0 Å². The first-order valence-electron chi connectivity index (χ1n) is 8.61. The molecule has 1 heterocycles. The van der Waals surface area contributed by atoms with Crippen LogP contribution < -0.4 is 4.90 Å². The van der Waals surface area contributed by atoms with Crippen LogP contribution in [0.25, 0.3) is 0 Å². The molecule has 1 aliphatic heterocycles. The molecule has 1 amide bonds. The number of fused-ring (bicyclic) bond motifs is 1. The van der Waals surface area contributed by atoms with Gasteiger partial charge < -0.3 is 10.0 Å². The van der Waals surface area contributed by atoms with E-state index in [1.165, 1.54) is 19.3 Å². The maximum Gasteiger partial charge on any atom is 0.237 e. The molecule has 1 aromatic carbocycles. The van der Waals surface area contributed by atoms with E-state index < -0.39 is 11.5 Å². The largest absolute Gasteiger partial charge is 0.388 e. The van der Waals surface area contributed by atoms with Gasteiger partial charge >= 0.3 is 0 Å². The fraction of sp³-hybridized carbons (Fsp3) is 0.632. The first-order chi connectivity index (χ1) is 10.5. The average Bonchev–Trinajstić information content (AvgIpc) is 2.74. The summed E-state index contributed by atoms with van der Waals surface area (Å²) in [4.78, 5) is 14.4. The lowest BCUT2D eigenvalue weighted by Crippen LogP contribution is -2.35. The molecule has 1 fully saturated rings. The molecule has 0 radical (unpaired) electrons. The van der Waals surface area contributed by atoms with Gasteiger partial charge in [-0.05, 0) is 56.7 Å². The highest BCUT2D eigenvalue weighted by Crippen LogP contribution is 2.44. The Bertz CT molecular complexity index is 573. The third kappa shape index (κ3) is 2.36. The van der Waals surface area contributed by atoms with Gasteiger partial charge in [0.05, 0.1) is 11.5 Å². The molecule has 1 saturated carbocycles. The van der Waals surface area contributed by atoms with Crippen LogP contribution in [0.2, 0.25) is 0 Å². The lowest BCUT2D eigenvalue weighted by molar-refractivity contribution is -0.122. The van der Waals surface area contributed by atoms with Crippen molar-refractivity contribution < 1.29 is 9.90 Å². The number of rotatable bonds is 3.